The fraction of sp³-hybridized carbons (Fsp3) is 0.240. The van der Waals surface area contributed by atoms with Crippen LogP contribution in [0, 0.1) is 6.92 Å². The van der Waals surface area contributed by atoms with Crippen LogP contribution in [0.1, 0.15) is 36.2 Å². The van der Waals surface area contributed by atoms with Crippen molar-refractivity contribution in [3.63, 3.8) is 0 Å². The first-order valence-electron chi connectivity index (χ1n) is 10.5. The van der Waals surface area contributed by atoms with Crippen molar-refractivity contribution in [3.8, 4) is 11.5 Å². The highest BCUT2D eigenvalue weighted by Crippen LogP contribution is 2.28. The van der Waals surface area contributed by atoms with Gasteiger partial charge in [-0.25, -0.2) is 0 Å². The zero-order valence-electron chi connectivity index (χ0n) is 18.3. The molecule has 32 heavy (non-hydrogen) atoms. The Kier molecular flexibility index (Phi) is 6.37. The van der Waals surface area contributed by atoms with Crippen LogP contribution in [0.25, 0.3) is 11.0 Å². The monoisotopic (exact) mass is 448 g/mol. The topological polar surface area (TPSA) is 69.9 Å². The number of thiazole rings is 1. The van der Waals surface area contributed by atoms with Gasteiger partial charge in [-0.2, -0.15) is 4.98 Å². The summed E-state index contributed by atoms with van der Waals surface area (Å²) >= 11 is 1.21. The normalized spacial score (nSPS) is 11.8. The van der Waals surface area contributed by atoms with Crippen LogP contribution in [0.2, 0.25) is 0 Å². The minimum atomic E-state index is -0.293. The first kappa shape index (κ1) is 21.8. The second-order valence-electron chi connectivity index (χ2n) is 7.25. The first-order chi connectivity index (χ1) is 15.5. The van der Waals surface area contributed by atoms with E-state index in [1.54, 1.807) is 13.0 Å². The Morgan fingerprint density at radius 1 is 1.00 bits per heavy atom. The summed E-state index contributed by atoms with van der Waals surface area (Å²) in [6.45, 7) is 6.67. The van der Waals surface area contributed by atoms with E-state index < -0.39 is 0 Å². The van der Waals surface area contributed by atoms with Gasteiger partial charge in [0.25, 0.3) is 11.1 Å². The molecule has 0 atom stereocenters. The van der Waals surface area contributed by atoms with Crippen molar-refractivity contribution in [1.29, 1.82) is 0 Å². The SMILES string of the molecule is CCOc1ccc(/C=c2\sc3nc(=O)c(Cc4ccccc4)c(C)n3c2=O)cc1OCC. The van der Waals surface area contributed by atoms with Crippen LogP contribution in [-0.4, -0.2) is 22.6 Å². The molecule has 0 saturated carbocycles. The molecular weight excluding hydrogens is 424 g/mol. The van der Waals surface area contributed by atoms with Gasteiger partial charge in [0, 0.05) is 17.7 Å². The van der Waals surface area contributed by atoms with Crippen molar-refractivity contribution < 1.29 is 9.47 Å². The number of hydrogen-bond acceptors (Lipinski definition) is 6. The van der Waals surface area contributed by atoms with Crippen LogP contribution in [0.3, 0.4) is 0 Å². The molecule has 2 aromatic heterocycles. The zero-order valence-corrected chi connectivity index (χ0v) is 19.1. The second kappa shape index (κ2) is 9.36. The molecule has 0 fully saturated rings. The summed E-state index contributed by atoms with van der Waals surface area (Å²) in [5, 5.41) is 0. The third-order valence-corrected chi connectivity index (χ3v) is 6.09. The summed E-state index contributed by atoms with van der Waals surface area (Å²) in [5.41, 5.74) is 2.50. The predicted molar refractivity (Wildman–Crippen MR) is 127 cm³/mol. The number of fused-ring (bicyclic) bond motifs is 1. The molecule has 2 heterocycles. The molecule has 164 valence electrons. The molecule has 0 aliphatic rings. The van der Waals surface area contributed by atoms with Gasteiger partial charge in [0.1, 0.15) is 0 Å². The van der Waals surface area contributed by atoms with Gasteiger partial charge in [0.05, 0.1) is 17.7 Å². The van der Waals surface area contributed by atoms with Gasteiger partial charge < -0.3 is 9.47 Å². The van der Waals surface area contributed by atoms with Crippen molar-refractivity contribution >= 4 is 22.4 Å². The summed E-state index contributed by atoms with van der Waals surface area (Å²) in [4.78, 5) is 30.5. The lowest BCUT2D eigenvalue weighted by Gasteiger charge is -2.11. The smallest absolute Gasteiger partial charge is 0.277 e. The Morgan fingerprint density at radius 2 is 1.72 bits per heavy atom. The molecule has 0 radical (unpaired) electrons. The number of rotatable bonds is 7. The Labute approximate surface area is 189 Å². The van der Waals surface area contributed by atoms with Crippen LogP contribution < -0.4 is 25.1 Å². The number of aryl methyl sites for hydroxylation is 1. The molecule has 4 rings (SSSR count). The van der Waals surface area contributed by atoms with E-state index >= 15 is 0 Å². The van der Waals surface area contributed by atoms with Gasteiger partial charge in [0.15, 0.2) is 11.5 Å². The van der Waals surface area contributed by atoms with Crippen molar-refractivity contribution in [1.82, 2.24) is 9.38 Å². The van der Waals surface area contributed by atoms with Crippen LogP contribution in [0.4, 0.5) is 0 Å². The molecule has 0 N–H and O–H groups in total. The third-order valence-electron chi connectivity index (χ3n) is 5.12. The van der Waals surface area contributed by atoms with E-state index in [9.17, 15) is 9.59 Å². The van der Waals surface area contributed by atoms with Crippen LogP contribution >= 0.6 is 11.3 Å². The molecule has 0 spiro atoms. The minimum absolute atomic E-state index is 0.184. The summed E-state index contributed by atoms with van der Waals surface area (Å²) in [6.07, 6.45) is 2.23. The molecular formula is C25H24N2O4S. The molecule has 6 nitrogen and oxygen atoms in total. The number of hydrogen-bond donors (Lipinski definition) is 0. The highest BCUT2D eigenvalue weighted by Gasteiger charge is 2.15. The highest BCUT2D eigenvalue weighted by molar-refractivity contribution is 7.15. The lowest BCUT2D eigenvalue weighted by Crippen LogP contribution is -2.27. The number of nitrogens with zero attached hydrogens (tertiary/aromatic N) is 2. The maximum absolute atomic E-state index is 13.2. The largest absolute Gasteiger partial charge is 0.490 e. The van der Waals surface area contributed by atoms with E-state index in [1.165, 1.54) is 15.7 Å². The van der Waals surface area contributed by atoms with Crippen molar-refractivity contribution in [3.05, 3.63) is 96.2 Å². The maximum Gasteiger partial charge on any atom is 0.277 e. The summed E-state index contributed by atoms with van der Waals surface area (Å²) in [5.74, 6) is 1.30. The van der Waals surface area contributed by atoms with Gasteiger partial charge in [-0.3, -0.25) is 14.0 Å². The number of aromatic nitrogens is 2. The second-order valence-corrected chi connectivity index (χ2v) is 8.26. The van der Waals surface area contributed by atoms with E-state index in [0.29, 0.717) is 51.9 Å². The van der Waals surface area contributed by atoms with Gasteiger partial charge in [-0.1, -0.05) is 47.7 Å². The average Bonchev–Trinajstić information content (AvgIpc) is 3.09. The molecule has 0 aliphatic carbocycles. The molecule has 0 bridgehead atoms. The average molecular weight is 449 g/mol. The lowest BCUT2D eigenvalue weighted by atomic mass is 10.1. The summed E-state index contributed by atoms with van der Waals surface area (Å²) < 4.78 is 13.3. The Balaban J connectivity index is 1.81. The van der Waals surface area contributed by atoms with Crippen molar-refractivity contribution in [2.75, 3.05) is 13.2 Å². The van der Waals surface area contributed by atoms with E-state index in [2.05, 4.69) is 4.98 Å². The van der Waals surface area contributed by atoms with Crippen molar-refractivity contribution in [2.24, 2.45) is 0 Å². The zero-order chi connectivity index (χ0) is 22.7. The summed E-state index contributed by atoms with van der Waals surface area (Å²) in [7, 11) is 0. The molecule has 0 amide bonds. The van der Waals surface area contributed by atoms with Gasteiger partial charge in [-0.15, -0.1) is 0 Å². The molecule has 4 aromatic rings. The Hall–Kier alpha value is -3.45. The van der Waals surface area contributed by atoms with Gasteiger partial charge in [0.2, 0.25) is 4.96 Å². The Morgan fingerprint density at radius 3 is 2.44 bits per heavy atom. The molecule has 0 unspecified atom stereocenters. The van der Waals surface area contributed by atoms with Crippen molar-refractivity contribution in [2.45, 2.75) is 27.2 Å². The fourth-order valence-corrected chi connectivity index (χ4v) is 4.61. The van der Waals surface area contributed by atoms with Gasteiger partial charge >= 0.3 is 0 Å². The maximum atomic E-state index is 13.2. The minimum Gasteiger partial charge on any atom is -0.490 e. The lowest BCUT2D eigenvalue weighted by molar-refractivity contribution is 0.287. The molecule has 2 aromatic carbocycles. The van der Waals surface area contributed by atoms with Crippen LogP contribution in [0.5, 0.6) is 11.5 Å². The summed E-state index contributed by atoms with van der Waals surface area (Å²) in [6, 6.07) is 15.3. The van der Waals surface area contributed by atoms with Crippen LogP contribution in [-0.2, 0) is 6.42 Å². The molecule has 0 aliphatic heterocycles. The van der Waals surface area contributed by atoms with E-state index in [1.807, 2.05) is 62.4 Å². The quantitative estimate of drug-likeness (QED) is 0.434. The standard InChI is InChI=1S/C25H24N2O4S/c1-4-30-20-12-11-18(14-21(20)31-5-2)15-22-24(29)27-16(3)19(23(28)26-25(27)32-22)13-17-9-7-6-8-10-17/h6-12,14-15H,4-5,13H2,1-3H3/b22-15-. The third kappa shape index (κ3) is 4.29. The molecule has 7 heteroatoms. The Bertz CT molecular complexity index is 1420. The predicted octanol–water partition coefficient (Wildman–Crippen LogP) is 3.36. The van der Waals surface area contributed by atoms with E-state index in [-0.39, 0.29) is 11.1 Å². The molecule has 0 saturated heterocycles. The van der Waals surface area contributed by atoms with E-state index in [0.717, 1.165) is 11.1 Å². The fourth-order valence-electron chi connectivity index (χ4n) is 3.60. The first-order valence-corrected chi connectivity index (χ1v) is 11.3. The van der Waals surface area contributed by atoms with E-state index in [4.69, 9.17) is 9.47 Å². The van der Waals surface area contributed by atoms with Crippen LogP contribution in [0.15, 0.2) is 58.1 Å². The number of benzene rings is 2. The highest BCUT2D eigenvalue weighted by atomic mass is 32.1. The number of ether oxygens (including phenoxy) is 2. The van der Waals surface area contributed by atoms with Gasteiger partial charge in [-0.05, 0) is 50.1 Å².